The maximum atomic E-state index is 13.4. The summed E-state index contributed by atoms with van der Waals surface area (Å²) in [5.74, 6) is -1.30. The van der Waals surface area contributed by atoms with Crippen LogP contribution in [0.2, 0.25) is 0 Å². The molecule has 1 heterocycles. The fraction of sp³-hybridized carbons (Fsp3) is 0.556. The van der Waals surface area contributed by atoms with E-state index in [1.165, 1.54) is 6.07 Å². The van der Waals surface area contributed by atoms with Gasteiger partial charge in [-0.1, -0.05) is 13.0 Å². The number of nitrogens with two attached hydrogens (primary N) is 1. The number of piperidine rings is 1. The van der Waals surface area contributed by atoms with Crippen molar-refractivity contribution < 1.29 is 13.6 Å². The molecule has 0 spiro atoms. The molecule has 9 heteroatoms. The molecule has 1 aromatic carbocycles. The highest BCUT2D eigenvalue weighted by molar-refractivity contribution is 14.0. The predicted molar refractivity (Wildman–Crippen MR) is 113 cm³/mol. The second-order valence-corrected chi connectivity index (χ2v) is 6.69. The third-order valence-corrected chi connectivity index (χ3v) is 4.62. The van der Waals surface area contributed by atoms with Crippen LogP contribution < -0.4 is 16.4 Å². The molecule has 1 amide bonds. The van der Waals surface area contributed by atoms with Crippen molar-refractivity contribution in [3.63, 3.8) is 0 Å². The average molecular weight is 495 g/mol. The Morgan fingerprint density at radius 2 is 2.00 bits per heavy atom. The number of rotatable bonds is 6. The first kappa shape index (κ1) is 23.5. The lowest BCUT2D eigenvalue weighted by atomic mass is 10.0. The smallest absolute Gasteiger partial charge is 0.231 e. The van der Waals surface area contributed by atoms with Crippen LogP contribution >= 0.6 is 24.0 Å². The van der Waals surface area contributed by atoms with Crippen molar-refractivity contribution >= 4 is 35.8 Å². The Hall–Kier alpha value is -1.49. The third-order valence-electron chi connectivity index (χ3n) is 4.62. The Kier molecular flexibility index (Phi) is 9.92. The Morgan fingerprint density at radius 1 is 1.33 bits per heavy atom. The van der Waals surface area contributed by atoms with E-state index in [0.29, 0.717) is 19.0 Å². The minimum Gasteiger partial charge on any atom is -0.369 e. The summed E-state index contributed by atoms with van der Waals surface area (Å²) >= 11 is 0. The molecule has 1 aromatic rings. The lowest BCUT2D eigenvalue weighted by molar-refractivity contribution is -0.119. The second kappa shape index (κ2) is 11.4. The molecule has 6 nitrogen and oxygen atoms in total. The van der Waals surface area contributed by atoms with Crippen molar-refractivity contribution in [2.24, 2.45) is 10.7 Å². The standard InChI is InChI=1S/C18H27F2N5O.HI/c1-12(13-3-4-15(19)16(20)9-13)10-23-18(22-2)24-14-5-7-25(8-6-14)11-17(21)26;/h3-4,9,12,14H,5-8,10-11H2,1-2H3,(H2,21,26)(H2,22,23,24);1H. The van der Waals surface area contributed by atoms with Crippen LogP contribution in [0.15, 0.2) is 23.2 Å². The number of hydrogen-bond acceptors (Lipinski definition) is 3. The molecule has 152 valence electrons. The molecule has 1 saturated heterocycles. The summed E-state index contributed by atoms with van der Waals surface area (Å²) in [5.41, 5.74) is 5.95. The number of likely N-dealkylation sites (tertiary alicyclic amines) is 1. The lowest BCUT2D eigenvalue weighted by Gasteiger charge is -2.32. The van der Waals surface area contributed by atoms with Crippen molar-refractivity contribution in [2.75, 3.05) is 33.2 Å². The molecule has 1 atom stereocenters. The molecule has 27 heavy (non-hydrogen) atoms. The van der Waals surface area contributed by atoms with Crippen molar-refractivity contribution in [1.82, 2.24) is 15.5 Å². The van der Waals surface area contributed by atoms with Crippen molar-refractivity contribution in [1.29, 1.82) is 0 Å². The van der Waals surface area contributed by atoms with Gasteiger partial charge in [-0.15, -0.1) is 24.0 Å². The first-order valence-electron chi connectivity index (χ1n) is 8.81. The van der Waals surface area contributed by atoms with Gasteiger partial charge in [-0.2, -0.15) is 0 Å². The van der Waals surface area contributed by atoms with Gasteiger partial charge in [-0.05, 0) is 36.5 Å². The Labute approximate surface area is 176 Å². The first-order chi connectivity index (χ1) is 12.4. The Morgan fingerprint density at radius 3 is 2.56 bits per heavy atom. The van der Waals surface area contributed by atoms with Crippen LogP contribution in [0.3, 0.4) is 0 Å². The number of guanidine groups is 1. The van der Waals surface area contributed by atoms with Crippen LogP contribution in [-0.4, -0.2) is 56.0 Å². The van der Waals surface area contributed by atoms with E-state index in [9.17, 15) is 13.6 Å². The normalized spacial score (nSPS) is 17.1. The maximum Gasteiger partial charge on any atom is 0.231 e. The highest BCUT2D eigenvalue weighted by Gasteiger charge is 2.21. The van der Waals surface area contributed by atoms with E-state index >= 15 is 0 Å². The summed E-state index contributed by atoms with van der Waals surface area (Å²) in [7, 11) is 1.69. The summed E-state index contributed by atoms with van der Waals surface area (Å²) in [6, 6.07) is 4.24. The van der Waals surface area contributed by atoms with Crippen molar-refractivity contribution in [3.05, 3.63) is 35.4 Å². The highest BCUT2D eigenvalue weighted by Crippen LogP contribution is 2.17. The summed E-state index contributed by atoms with van der Waals surface area (Å²) in [6.45, 7) is 4.40. The van der Waals surface area contributed by atoms with Gasteiger partial charge in [0.2, 0.25) is 5.91 Å². The third kappa shape index (κ3) is 7.57. The van der Waals surface area contributed by atoms with E-state index in [4.69, 9.17) is 5.73 Å². The molecular formula is C18H28F2IN5O. The van der Waals surface area contributed by atoms with Crippen molar-refractivity contribution in [3.8, 4) is 0 Å². The number of nitrogens with zero attached hydrogens (tertiary/aromatic N) is 2. The van der Waals surface area contributed by atoms with Gasteiger partial charge < -0.3 is 16.4 Å². The molecular weight excluding hydrogens is 467 g/mol. The van der Waals surface area contributed by atoms with Gasteiger partial charge in [-0.25, -0.2) is 8.78 Å². The summed E-state index contributed by atoms with van der Waals surface area (Å²) < 4.78 is 26.4. The number of amides is 1. The number of hydrogen-bond donors (Lipinski definition) is 3. The van der Waals surface area contributed by atoms with Crippen LogP contribution in [0, 0.1) is 11.6 Å². The van der Waals surface area contributed by atoms with E-state index in [1.807, 2.05) is 11.8 Å². The number of benzene rings is 1. The molecule has 1 aliphatic heterocycles. The minimum absolute atomic E-state index is 0. The minimum atomic E-state index is -0.839. The largest absolute Gasteiger partial charge is 0.369 e. The van der Waals surface area contributed by atoms with Crippen LogP contribution in [0.1, 0.15) is 31.2 Å². The topological polar surface area (TPSA) is 82.8 Å². The lowest BCUT2D eigenvalue weighted by Crippen LogP contribution is -2.50. The van der Waals surface area contributed by atoms with E-state index in [2.05, 4.69) is 15.6 Å². The van der Waals surface area contributed by atoms with Gasteiger partial charge in [-0.3, -0.25) is 14.7 Å². The van der Waals surface area contributed by atoms with Crippen LogP contribution in [0.25, 0.3) is 0 Å². The van der Waals surface area contributed by atoms with Crippen molar-refractivity contribution in [2.45, 2.75) is 31.7 Å². The van der Waals surface area contributed by atoms with Gasteiger partial charge in [0.25, 0.3) is 0 Å². The molecule has 0 radical (unpaired) electrons. The summed E-state index contributed by atoms with van der Waals surface area (Å²) in [4.78, 5) is 17.2. The van der Waals surface area contributed by atoms with E-state index < -0.39 is 11.6 Å². The molecule has 0 saturated carbocycles. The number of primary amides is 1. The zero-order valence-electron chi connectivity index (χ0n) is 15.7. The van der Waals surface area contributed by atoms with Gasteiger partial charge in [0.05, 0.1) is 6.54 Å². The number of nitrogens with one attached hydrogen (secondary N) is 2. The van der Waals surface area contributed by atoms with E-state index in [1.54, 1.807) is 13.1 Å². The molecule has 1 fully saturated rings. The molecule has 1 aliphatic rings. The zero-order valence-corrected chi connectivity index (χ0v) is 18.0. The van der Waals surface area contributed by atoms with Crippen LogP contribution in [0.5, 0.6) is 0 Å². The fourth-order valence-corrected chi connectivity index (χ4v) is 3.03. The molecule has 4 N–H and O–H groups in total. The average Bonchev–Trinajstić information content (AvgIpc) is 2.61. The number of carbonyl (C=O) groups excluding carboxylic acids is 1. The summed E-state index contributed by atoms with van der Waals surface area (Å²) in [5, 5.41) is 6.60. The van der Waals surface area contributed by atoms with Gasteiger partial charge in [0.1, 0.15) is 0 Å². The molecule has 0 aromatic heterocycles. The van der Waals surface area contributed by atoms with E-state index in [-0.39, 0.29) is 41.8 Å². The molecule has 2 rings (SSSR count). The first-order valence-corrected chi connectivity index (χ1v) is 8.81. The van der Waals surface area contributed by atoms with Crippen LogP contribution in [0.4, 0.5) is 8.78 Å². The van der Waals surface area contributed by atoms with Gasteiger partial charge in [0, 0.05) is 32.7 Å². The number of halogens is 3. The molecule has 0 bridgehead atoms. The molecule has 1 unspecified atom stereocenters. The quantitative estimate of drug-likeness (QED) is 0.320. The Balaban J connectivity index is 0.00000364. The van der Waals surface area contributed by atoms with E-state index in [0.717, 1.165) is 37.6 Å². The molecule has 0 aliphatic carbocycles. The summed E-state index contributed by atoms with van der Waals surface area (Å²) in [6.07, 6.45) is 1.79. The predicted octanol–water partition coefficient (Wildman–Crippen LogP) is 1.80. The van der Waals surface area contributed by atoms with Gasteiger partial charge in [0.15, 0.2) is 17.6 Å². The fourth-order valence-electron chi connectivity index (χ4n) is 3.03. The zero-order chi connectivity index (χ0) is 19.1. The SMILES string of the molecule is CN=C(NCC(C)c1ccc(F)c(F)c1)NC1CCN(CC(N)=O)CC1.I. The maximum absolute atomic E-state index is 13.4. The number of carbonyl (C=O) groups is 1. The monoisotopic (exact) mass is 495 g/mol. The van der Waals surface area contributed by atoms with Crippen LogP contribution in [-0.2, 0) is 4.79 Å². The second-order valence-electron chi connectivity index (χ2n) is 6.69. The number of aliphatic imine (C=N–C) groups is 1. The Bertz CT molecular complexity index is 651. The highest BCUT2D eigenvalue weighted by atomic mass is 127. The van der Waals surface area contributed by atoms with Gasteiger partial charge >= 0.3 is 0 Å².